The Morgan fingerprint density at radius 3 is 1.89 bits per heavy atom. The molecule has 3 aliphatic rings. The molecule has 4 atom stereocenters. The summed E-state index contributed by atoms with van der Waals surface area (Å²) in [5.74, 6) is -0.476. The Hall–Kier alpha value is -6.78. The van der Waals surface area contributed by atoms with Crippen LogP contribution in [-0.4, -0.2) is 106 Å². The minimum Gasteiger partial charge on any atom is -0.453 e. The number of aromatic nitrogens is 4. The standard InChI is InChI=1S/C45H48N8O8/c1-27(2)37(50-43(56)58-3)41(54)52-20-8-11-35(52)39-46-24-33(48-39)30-16-12-28(13-17-30)29-14-18-31(19-15-29)34-25-47-40(49-34)36-23-45(60-21-22-61-45)26-53(36)42(55)38(51-44(57)59-4)32-9-6-5-7-10-32/h5-19,24-25,27,35-38H,20-23,26H2,1-4H3,(H,46,48)(H,47,49)(H,50,56)(H,51,57)/t35?,36?,37-,38-/m0/s1. The number of likely N-dealkylation sites (tertiary alicyclic amines) is 1. The topological polar surface area (TPSA) is 193 Å². The zero-order chi connectivity index (χ0) is 42.7. The molecule has 2 fully saturated rings. The van der Waals surface area contributed by atoms with Gasteiger partial charge in [0.1, 0.15) is 29.8 Å². The van der Waals surface area contributed by atoms with E-state index < -0.39 is 42.1 Å². The molecule has 1 spiro atoms. The third-order valence-electron chi connectivity index (χ3n) is 11.4. The number of nitrogens with one attached hydrogen (secondary N) is 4. The van der Waals surface area contributed by atoms with Gasteiger partial charge in [-0.05, 0) is 33.7 Å². The molecule has 4 N–H and O–H groups in total. The second-order valence-corrected chi connectivity index (χ2v) is 15.5. The Morgan fingerprint density at radius 1 is 0.738 bits per heavy atom. The molecule has 4 amide bonds. The lowest BCUT2D eigenvalue weighted by molar-refractivity contribution is -0.153. The third kappa shape index (κ3) is 8.49. The molecule has 2 unspecified atom stereocenters. The fraction of sp³-hybridized carbons (Fsp3) is 0.333. The number of imidazole rings is 2. The van der Waals surface area contributed by atoms with Crippen LogP contribution in [0, 0.1) is 5.92 Å². The highest BCUT2D eigenvalue weighted by Gasteiger charge is 2.52. The van der Waals surface area contributed by atoms with Gasteiger partial charge in [0.2, 0.25) is 5.91 Å². The largest absolute Gasteiger partial charge is 0.453 e. The van der Waals surface area contributed by atoms with E-state index in [4.69, 9.17) is 23.9 Å². The summed E-state index contributed by atoms with van der Waals surface area (Å²) in [5, 5.41) is 5.37. The first kappa shape index (κ1) is 41.0. The number of alkyl carbamates (subject to hydrolysis) is 2. The number of amides is 4. The lowest BCUT2D eigenvalue weighted by atomic mass is 10.0. The van der Waals surface area contributed by atoms with Crippen molar-refractivity contribution in [2.24, 2.45) is 5.92 Å². The van der Waals surface area contributed by atoms with E-state index >= 15 is 0 Å². The van der Waals surface area contributed by atoms with Gasteiger partial charge in [-0.1, -0.05) is 105 Å². The fourth-order valence-electron chi connectivity index (χ4n) is 8.13. The molecule has 16 heteroatoms. The number of benzene rings is 3. The lowest BCUT2D eigenvalue weighted by Gasteiger charge is -2.29. The van der Waals surface area contributed by atoms with Gasteiger partial charge < -0.3 is 49.3 Å². The maximum Gasteiger partial charge on any atom is 0.407 e. The Balaban J connectivity index is 0.958. The van der Waals surface area contributed by atoms with Crippen molar-refractivity contribution >= 4 is 24.0 Å². The summed E-state index contributed by atoms with van der Waals surface area (Å²) >= 11 is 0. The van der Waals surface area contributed by atoms with Crippen LogP contribution in [0.5, 0.6) is 0 Å². The van der Waals surface area contributed by atoms with Crippen LogP contribution in [0.2, 0.25) is 0 Å². The number of nitrogens with zero attached hydrogens (tertiary/aromatic N) is 4. The van der Waals surface area contributed by atoms with E-state index in [0.717, 1.165) is 33.6 Å². The van der Waals surface area contributed by atoms with Gasteiger partial charge in [0.25, 0.3) is 5.91 Å². The van der Waals surface area contributed by atoms with Gasteiger partial charge in [0.15, 0.2) is 5.79 Å². The lowest BCUT2D eigenvalue weighted by Crippen LogP contribution is -2.51. The molecule has 8 rings (SSSR count). The van der Waals surface area contributed by atoms with Gasteiger partial charge >= 0.3 is 12.2 Å². The number of hydrogen-bond acceptors (Lipinski definition) is 10. The zero-order valence-electron chi connectivity index (χ0n) is 34.3. The van der Waals surface area contributed by atoms with Crippen molar-refractivity contribution in [1.82, 2.24) is 40.4 Å². The molecule has 0 saturated carbocycles. The van der Waals surface area contributed by atoms with E-state index in [9.17, 15) is 19.2 Å². The normalized spacial score (nSPS) is 19.0. The minimum absolute atomic E-state index is 0.144. The van der Waals surface area contributed by atoms with Crippen molar-refractivity contribution in [1.29, 1.82) is 0 Å². The Bertz CT molecular complexity index is 2390. The monoisotopic (exact) mass is 828 g/mol. The van der Waals surface area contributed by atoms with Gasteiger partial charge in [-0.2, -0.15) is 0 Å². The van der Waals surface area contributed by atoms with Crippen molar-refractivity contribution in [2.45, 2.75) is 50.2 Å². The number of ether oxygens (including phenoxy) is 4. The molecule has 5 heterocycles. The van der Waals surface area contributed by atoms with E-state index in [2.05, 4.69) is 25.6 Å². The summed E-state index contributed by atoms with van der Waals surface area (Å²) in [6.45, 7) is 5.15. The average Bonchev–Trinajstić information content (AvgIpc) is 4.15. The molecule has 3 aliphatic heterocycles. The molecule has 0 aliphatic carbocycles. The minimum atomic E-state index is -1.000. The second kappa shape index (κ2) is 17.4. The predicted octanol–water partition coefficient (Wildman–Crippen LogP) is 6.07. The molecule has 16 nitrogen and oxygen atoms in total. The molecular weight excluding hydrogens is 781 g/mol. The maximum absolute atomic E-state index is 14.3. The first-order valence-corrected chi connectivity index (χ1v) is 20.2. The Kier molecular flexibility index (Phi) is 11.7. The van der Waals surface area contributed by atoms with E-state index in [-0.39, 0.29) is 24.3 Å². The summed E-state index contributed by atoms with van der Waals surface area (Å²) in [4.78, 5) is 71.7. The van der Waals surface area contributed by atoms with Crippen molar-refractivity contribution < 1.29 is 38.1 Å². The second-order valence-electron chi connectivity index (χ2n) is 15.5. The van der Waals surface area contributed by atoms with E-state index in [1.54, 1.807) is 34.3 Å². The molecule has 316 valence electrons. The molecule has 3 aromatic carbocycles. The number of carbonyl (C=O) groups is 4. The number of aromatic amines is 2. The molecule has 0 radical (unpaired) electrons. The quantitative estimate of drug-likeness (QED) is 0.114. The van der Waals surface area contributed by atoms with Crippen LogP contribution in [-0.2, 0) is 28.5 Å². The first-order valence-electron chi connectivity index (χ1n) is 20.2. The number of methoxy groups -OCH3 is 2. The van der Waals surface area contributed by atoms with Crippen LogP contribution in [0.15, 0.2) is 103 Å². The number of rotatable bonds is 11. The van der Waals surface area contributed by atoms with Crippen molar-refractivity contribution in [3.63, 3.8) is 0 Å². The molecule has 61 heavy (non-hydrogen) atoms. The van der Waals surface area contributed by atoms with Gasteiger partial charge in [-0.15, -0.1) is 0 Å². The first-order chi connectivity index (χ1) is 29.6. The van der Waals surface area contributed by atoms with Gasteiger partial charge in [0.05, 0.1) is 63.8 Å². The van der Waals surface area contributed by atoms with Crippen molar-refractivity contribution in [2.75, 3.05) is 40.5 Å². The zero-order valence-corrected chi connectivity index (χ0v) is 34.3. The molecule has 0 bridgehead atoms. The summed E-state index contributed by atoms with van der Waals surface area (Å²) in [6.07, 6.45) is 6.35. The smallest absolute Gasteiger partial charge is 0.407 e. The highest BCUT2D eigenvalue weighted by atomic mass is 16.7. The van der Waals surface area contributed by atoms with Crippen LogP contribution in [0.4, 0.5) is 9.59 Å². The number of H-pyrrole nitrogens is 2. The van der Waals surface area contributed by atoms with Crippen molar-refractivity contribution in [3.05, 3.63) is 121 Å². The van der Waals surface area contributed by atoms with Crippen LogP contribution in [0.3, 0.4) is 0 Å². The Morgan fingerprint density at radius 2 is 1.30 bits per heavy atom. The van der Waals surface area contributed by atoms with Crippen LogP contribution in [0.1, 0.15) is 55.6 Å². The number of hydrogen-bond donors (Lipinski definition) is 4. The molecule has 2 saturated heterocycles. The van der Waals surface area contributed by atoms with Crippen LogP contribution >= 0.6 is 0 Å². The van der Waals surface area contributed by atoms with E-state index in [1.165, 1.54) is 14.2 Å². The fourth-order valence-corrected chi connectivity index (χ4v) is 8.13. The van der Waals surface area contributed by atoms with Gasteiger partial charge in [-0.25, -0.2) is 19.6 Å². The SMILES string of the molecule is COC(=O)N[C@H](C(=O)N1CC2(CC1c1ncc(-c3ccc(-c4ccc(-c5cnc(C6C=CCN6C(=O)[C@@H](NC(=O)OC)C(C)C)[nH]5)cc4)cc3)[nH]1)OCCO2)c1ccccc1. The predicted molar refractivity (Wildman–Crippen MR) is 223 cm³/mol. The summed E-state index contributed by atoms with van der Waals surface area (Å²) in [5.41, 5.74) is 6.07. The van der Waals surface area contributed by atoms with Crippen LogP contribution < -0.4 is 10.6 Å². The van der Waals surface area contributed by atoms with Crippen molar-refractivity contribution in [3.8, 4) is 33.6 Å². The van der Waals surface area contributed by atoms with Crippen LogP contribution in [0.25, 0.3) is 33.6 Å². The molecular formula is C45H48N8O8. The van der Waals surface area contributed by atoms with E-state index in [1.807, 2.05) is 92.7 Å². The van der Waals surface area contributed by atoms with E-state index in [0.29, 0.717) is 43.4 Å². The maximum atomic E-state index is 14.3. The summed E-state index contributed by atoms with van der Waals surface area (Å²) in [6, 6.07) is 22.6. The third-order valence-corrected chi connectivity index (χ3v) is 11.4. The molecule has 5 aromatic rings. The van der Waals surface area contributed by atoms with Gasteiger partial charge in [0, 0.05) is 13.0 Å². The highest BCUT2D eigenvalue weighted by Crippen LogP contribution is 2.43. The summed E-state index contributed by atoms with van der Waals surface area (Å²) < 4.78 is 21.7. The highest BCUT2D eigenvalue weighted by molar-refractivity contribution is 5.88. The Labute approximate surface area is 352 Å². The van der Waals surface area contributed by atoms with Gasteiger partial charge in [-0.3, -0.25) is 9.59 Å². The molecule has 2 aromatic heterocycles. The summed E-state index contributed by atoms with van der Waals surface area (Å²) in [7, 11) is 2.53. The number of carbonyl (C=O) groups excluding carboxylic acids is 4. The average molecular weight is 829 g/mol.